The van der Waals surface area contributed by atoms with E-state index in [1.165, 1.54) is 12.8 Å². The van der Waals surface area contributed by atoms with Crippen molar-refractivity contribution in [2.24, 2.45) is 11.8 Å². The summed E-state index contributed by atoms with van der Waals surface area (Å²) in [6.45, 7) is 7.00. The van der Waals surface area contributed by atoms with Crippen LogP contribution >= 0.6 is 0 Å². The second-order valence-electron chi connectivity index (χ2n) is 4.51. The number of likely N-dealkylation sites (tertiary alicyclic amines) is 1. The molecule has 0 bridgehead atoms. The molecule has 1 aliphatic heterocycles. The van der Waals surface area contributed by atoms with E-state index in [2.05, 4.69) is 5.32 Å². The first-order valence-electron chi connectivity index (χ1n) is 5.58. The lowest BCUT2D eigenvalue weighted by Gasteiger charge is -2.40. The molecule has 1 saturated heterocycles. The van der Waals surface area contributed by atoms with E-state index in [1.807, 2.05) is 25.8 Å². The third-order valence-corrected chi connectivity index (χ3v) is 2.80. The number of nitrogens with one attached hydrogen (secondary N) is 1. The molecule has 0 aliphatic carbocycles. The second-order valence-corrected chi connectivity index (χ2v) is 4.51. The van der Waals surface area contributed by atoms with E-state index >= 15 is 0 Å². The fourth-order valence-corrected chi connectivity index (χ4v) is 1.87. The van der Waals surface area contributed by atoms with E-state index in [0.29, 0.717) is 5.91 Å². The van der Waals surface area contributed by atoms with Gasteiger partial charge in [-0.1, -0.05) is 13.8 Å². The summed E-state index contributed by atoms with van der Waals surface area (Å²) in [7, 11) is 1.98. The Labute approximate surface area is 86.9 Å². The summed E-state index contributed by atoms with van der Waals surface area (Å²) in [5.41, 5.74) is 0. The summed E-state index contributed by atoms with van der Waals surface area (Å²) >= 11 is 0. The van der Waals surface area contributed by atoms with Crippen LogP contribution < -0.4 is 5.32 Å². The number of hydrogen-bond donors (Lipinski definition) is 1. The van der Waals surface area contributed by atoms with Crippen molar-refractivity contribution in [2.45, 2.75) is 26.7 Å². The van der Waals surface area contributed by atoms with Gasteiger partial charge in [-0.25, -0.2) is 0 Å². The van der Waals surface area contributed by atoms with Crippen LogP contribution in [0.2, 0.25) is 0 Å². The van der Waals surface area contributed by atoms with Gasteiger partial charge in [-0.05, 0) is 32.4 Å². The summed E-state index contributed by atoms with van der Waals surface area (Å²) in [6, 6.07) is 0. The number of nitrogens with zero attached hydrogens (tertiary/aromatic N) is 1. The second kappa shape index (κ2) is 5.35. The normalized spacial score (nSPS) is 17.3. The molecular weight excluding hydrogens is 176 g/mol. The summed E-state index contributed by atoms with van der Waals surface area (Å²) in [4.78, 5) is 13.5. The Morgan fingerprint density at radius 1 is 1.50 bits per heavy atom. The Hall–Kier alpha value is -0.570. The first kappa shape index (κ1) is 11.5. The monoisotopic (exact) mass is 198 g/mol. The Bertz CT molecular complexity index is 186. The van der Waals surface area contributed by atoms with Crippen LogP contribution in [0.4, 0.5) is 0 Å². The van der Waals surface area contributed by atoms with Crippen LogP contribution in [-0.4, -0.2) is 37.5 Å². The predicted octanol–water partition coefficient (Wildman–Crippen LogP) is 1.10. The lowest BCUT2D eigenvalue weighted by molar-refractivity contribution is -0.141. The number of carbonyl (C=O) groups excluding carboxylic acids is 1. The molecule has 1 aliphatic rings. The summed E-state index contributed by atoms with van der Waals surface area (Å²) in [5.74, 6) is 1.23. The van der Waals surface area contributed by atoms with Crippen LogP contribution in [0.25, 0.3) is 0 Å². The van der Waals surface area contributed by atoms with Crippen LogP contribution in [-0.2, 0) is 4.79 Å². The van der Waals surface area contributed by atoms with Crippen molar-refractivity contribution >= 4 is 5.91 Å². The van der Waals surface area contributed by atoms with E-state index < -0.39 is 0 Å². The number of hydrogen-bond acceptors (Lipinski definition) is 2. The van der Waals surface area contributed by atoms with Crippen molar-refractivity contribution in [1.29, 1.82) is 0 Å². The SMILES string of the molecule is CNCCCC1CN(C(=O)C(C)C)C1. The standard InChI is InChI=1S/C11H22N2O/c1-9(2)11(14)13-7-10(8-13)5-4-6-12-3/h9-10,12H,4-8H2,1-3H3. The van der Waals surface area contributed by atoms with Crippen LogP contribution in [0.3, 0.4) is 0 Å². The van der Waals surface area contributed by atoms with Crippen molar-refractivity contribution in [3.63, 3.8) is 0 Å². The summed E-state index contributed by atoms with van der Waals surface area (Å²) in [5, 5.41) is 3.14. The molecule has 1 amide bonds. The molecule has 0 aromatic carbocycles. The largest absolute Gasteiger partial charge is 0.342 e. The third kappa shape index (κ3) is 2.98. The molecule has 3 nitrogen and oxygen atoms in total. The van der Waals surface area contributed by atoms with Gasteiger partial charge in [-0.3, -0.25) is 4.79 Å². The molecule has 1 rings (SSSR count). The van der Waals surface area contributed by atoms with Crippen molar-refractivity contribution in [3.05, 3.63) is 0 Å². The van der Waals surface area contributed by atoms with Crippen LogP contribution in [0.1, 0.15) is 26.7 Å². The van der Waals surface area contributed by atoms with Gasteiger partial charge in [-0.2, -0.15) is 0 Å². The highest BCUT2D eigenvalue weighted by Crippen LogP contribution is 2.21. The number of amides is 1. The minimum atomic E-state index is 0.160. The maximum absolute atomic E-state index is 11.5. The average Bonchev–Trinajstić information content (AvgIpc) is 2.08. The molecule has 1 N–H and O–H groups in total. The molecule has 0 radical (unpaired) electrons. The molecule has 0 spiro atoms. The first-order chi connectivity index (χ1) is 6.65. The molecule has 0 aromatic heterocycles. The fourth-order valence-electron chi connectivity index (χ4n) is 1.87. The first-order valence-corrected chi connectivity index (χ1v) is 5.58. The fraction of sp³-hybridized carbons (Fsp3) is 0.909. The lowest BCUT2D eigenvalue weighted by Crippen LogP contribution is -2.51. The highest BCUT2D eigenvalue weighted by atomic mass is 16.2. The Morgan fingerprint density at radius 3 is 2.64 bits per heavy atom. The molecule has 1 fully saturated rings. The highest BCUT2D eigenvalue weighted by Gasteiger charge is 2.30. The average molecular weight is 198 g/mol. The molecular formula is C11H22N2O. The molecule has 0 unspecified atom stereocenters. The van der Waals surface area contributed by atoms with Gasteiger partial charge in [0.1, 0.15) is 0 Å². The number of carbonyl (C=O) groups is 1. The molecule has 0 aromatic rings. The Morgan fingerprint density at radius 2 is 2.14 bits per heavy atom. The van der Waals surface area contributed by atoms with Gasteiger partial charge in [0, 0.05) is 19.0 Å². The van der Waals surface area contributed by atoms with Crippen LogP contribution in [0.5, 0.6) is 0 Å². The van der Waals surface area contributed by atoms with Crippen molar-refractivity contribution in [3.8, 4) is 0 Å². The molecule has 0 atom stereocenters. The topological polar surface area (TPSA) is 32.3 Å². The highest BCUT2D eigenvalue weighted by molar-refractivity contribution is 5.78. The van der Waals surface area contributed by atoms with Gasteiger partial charge in [0.15, 0.2) is 0 Å². The van der Waals surface area contributed by atoms with E-state index in [1.54, 1.807) is 0 Å². The minimum absolute atomic E-state index is 0.160. The van der Waals surface area contributed by atoms with E-state index in [9.17, 15) is 4.79 Å². The van der Waals surface area contributed by atoms with Gasteiger partial charge < -0.3 is 10.2 Å². The predicted molar refractivity (Wildman–Crippen MR) is 58.1 cm³/mol. The smallest absolute Gasteiger partial charge is 0.225 e. The van der Waals surface area contributed by atoms with Crippen LogP contribution in [0, 0.1) is 11.8 Å². The zero-order valence-corrected chi connectivity index (χ0v) is 9.55. The molecule has 1 heterocycles. The van der Waals surface area contributed by atoms with Gasteiger partial charge >= 0.3 is 0 Å². The van der Waals surface area contributed by atoms with Crippen LogP contribution in [0.15, 0.2) is 0 Å². The van der Waals surface area contributed by atoms with E-state index in [4.69, 9.17) is 0 Å². The molecule has 14 heavy (non-hydrogen) atoms. The molecule has 0 saturated carbocycles. The van der Waals surface area contributed by atoms with Crippen molar-refractivity contribution < 1.29 is 4.79 Å². The minimum Gasteiger partial charge on any atom is -0.342 e. The molecule has 3 heteroatoms. The van der Waals surface area contributed by atoms with Gasteiger partial charge in [0.25, 0.3) is 0 Å². The van der Waals surface area contributed by atoms with E-state index in [-0.39, 0.29) is 5.92 Å². The Kier molecular flexibility index (Phi) is 4.39. The zero-order valence-electron chi connectivity index (χ0n) is 9.55. The number of rotatable bonds is 5. The maximum Gasteiger partial charge on any atom is 0.225 e. The molecule has 82 valence electrons. The summed E-state index contributed by atoms with van der Waals surface area (Å²) in [6.07, 6.45) is 2.48. The maximum atomic E-state index is 11.5. The zero-order chi connectivity index (χ0) is 10.6. The van der Waals surface area contributed by atoms with Crippen molar-refractivity contribution in [2.75, 3.05) is 26.7 Å². The van der Waals surface area contributed by atoms with Gasteiger partial charge in [0.2, 0.25) is 5.91 Å². The van der Waals surface area contributed by atoms with Gasteiger partial charge in [-0.15, -0.1) is 0 Å². The van der Waals surface area contributed by atoms with Crippen molar-refractivity contribution in [1.82, 2.24) is 10.2 Å². The third-order valence-electron chi connectivity index (χ3n) is 2.80. The summed E-state index contributed by atoms with van der Waals surface area (Å²) < 4.78 is 0. The lowest BCUT2D eigenvalue weighted by atomic mass is 9.93. The Balaban J connectivity index is 2.08. The quantitative estimate of drug-likeness (QED) is 0.671. The van der Waals surface area contributed by atoms with E-state index in [0.717, 1.165) is 25.6 Å². The van der Waals surface area contributed by atoms with Gasteiger partial charge in [0.05, 0.1) is 0 Å².